The van der Waals surface area contributed by atoms with Gasteiger partial charge in [-0.25, -0.2) is 9.97 Å². The van der Waals surface area contributed by atoms with E-state index in [1.807, 2.05) is 25.6 Å². The molecule has 2 aromatic rings. The minimum Gasteiger partial charge on any atom is -0.354 e. The van der Waals surface area contributed by atoms with Crippen LogP contribution >= 0.6 is 0 Å². The molecule has 0 aliphatic carbocycles. The van der Waals surface area contributed by atoms with Crippen molar-refractivity contribution in [1.82, 2.24) is 19.7 Å². The molecule has 1 atom stereocenters. The lowest BCUT2D eigenvalue weighted by atomic mass is 10.0. The Hall–Kier alpha value is -1.65. The number of aryl methyl sites for hydroxylation is 3. The SMILES string of the molecule is Cc1nc(N2CCCC(C)C2)c2c(n1)c(C)nn2C. The molecule has 1 fully saturated rings. The van der Waals surface area contributed by atoms with E-state index in [2.05, 4.69) is 26.9 Å². The highest BCUT2D eigenvalue weighted by Gasteiger charge is 2.22. The van der Waals surface area contributed by atoms with Crippen LogP contribution in [0.1, 0.15) is 31.3 Å². The van der Waals surface area contributed by atoms with Crippen molar-refractivity contribution in [3.05, 3.63) is 11.5 Å². The van der Waals surface area contributed by atoms with Gasteiger partial charge in [0, 0.05) is 20.1 Å². The van der Waals surface area contributed by atoms with Crippen LogP contribution in [0.4, 0.5) is 5.82 Å². The summed E-state index contributed by atoms with van der Waals surface area (Å²) in [7, 11) is 1.98. The molecule has 1 aliphatic heterocycles. The van der Waals surface area contributed by atoms with Crippen LogP contribution in [0.2, 0.25) is 0 Å². The molecule has 2 aromatic heterocycles. The molecule has 0 amide bonds. The summed E-state index contributed by atoms with van der Waals surface area (Å²) in [6.45, 7) is 8.45. The normalized spacial score (nSPS) is 20.2. The van der Waals surface area contributed by atoms with Gasteiger partial charge in [-0.05, 0) is 32.6 Å². The average molecular weight is 259 g/mol. The Balaban J connectivity index is 2.16. The lowest BCUT2D eigenvalue weighted by Crippen LogP contribution is -2.35. The fourth-order valence-corrected chi connectivity index (χ4v) is 3.03. The van der Waals surface area contributed by atoms with E-state index in [1.54, 1.807) is 0 Å². The minimum absolute atomic E-state index is 0.730. The van der Waals surface area contributed by atoms with E-state index in [0.29, 0.717) is 0 Å². The zero-order valence-corrected chi connectivity index (χ0v) is 12.1. The monoisotopic (exact) mass is 259 g/mol. The van der Waals surface area contributed by atoms with Crippen molar-refractivity contribution in [2.75, 3.05) is 18.0 Å². The third-order valence-electron chi connectivity index (χ3n) is 3.90. The van der Waals surface area contributed by atoms with Gasteiger partial charge in [-0.3, -0.25) is 4.68 Å². The Morgan fingerprint density at radius 1 is 1.21 bits per heavy atom. The molecule has 0 aromatic carbocycles. The summed E-state index contributed by atoms with van der Waals surface area (Å²) in [4.78, 5) is 11.6. The second-order valence-electron chi connectivity index (χ2n) is 5.69. The van der Waals surface area contributed by atoms with Gasteiger partial charge in [0.15, 0.2) is 5.82 Å². The number of fused-ring (bicyclic) bond motifs is 1. The minimum atomic E-state index is 0.730. The van der Waals surface area contributed by atoms with Crippen LogP contribution in [0.25, 0.3) is 11.0 Å². The van der Waals surface area contributed by atoms with Gasteiger partial charge in [-0.15, -0.1) is 0 Å². The van der Waals surface area contributed by atoms with E-state index in [1.165, 1.54) is 12.8 Å². The molecule has 0 bridgehead atoms. The molecule has 19 heavy (non-hydrogen) atoms. The molecule has 1 aliphatic rings. The molecule has 3 heterocycles. The molecule has 0 spiro atoms. The van der Waals surface area contributed by atoms with Crippen LogP contribution < -0.4 is 4.90 Å². The van der Waals surface area contributed by atoms with Gasteiger partial charge in [0.1, 0.15) is 16.9 Å². The molecule has 0 N–H and O–H groups in total. The van der Waals surface area contributed by atoms with Crippen LogP contribution in [0, 0.1) is 19.8 Å². The average Bonchev–Trinajstić information content (AvgIpc) is 2.64. The molecule has 0 radical (unpaired) electrons. The van der Waals surface area contributed by atoms with E-state index >= 15 is 0 Å². The van der Waals surface area contributed by atoms with Gasteiger partial charge in [0.2, 0.25) is 0 Å². The predicted molar refractivity (Wildman–Crippen MR) is 76.4 cm³/mol. The Bertz CT molecular complexity index is 616. The lowest BCUT2D eigenvalue weighted by Gasteiger charge is -2.32. The van der Waals surface area contributed by atoms with Crippen LogP contribution in [0.15, 0.2) is 0 Å². The second-order valence-corrected chi connectivity index (χ2v) is 5.69. The highest BCUT2D eigenvalue weighted by Crippen LogP contribution is 2.28. The Labute approximate surface area is 113 Å². The molecular formula is C14H21N5. The van der Waals surface area contributed by atoms with E-state index in [-0.39, 0.29) is 0 Å². The van der Waals surface area contributed by atoms with Gasteiger partial charge in [0.25, 0.3) is 0 Å². The van der Waals surface area contributed by atoms with Crippen molar-refractivity contribution in [2.45, 2.75) is 33.6 Å². The van der Waals surface area contributed by atoms with Crippen molar-refractivity contribution in [3.63, 3.8) is 0 Å². The van der Waals surface area contributed by atoms with Gasteiger partial charge in [0.05, 0.1) is 5.69 Å². The summed E-state index contributed by atoms with van der Waals surface area (Å²) in [5.41, 5.74) is 3.04. The number of piperidine rings is 1. The number of aromatic nitrogens is 4. The Morgan fingerprint density at radius 2 is 2.00 bits per heavy atom. The third-order valence-corrected chi connectivity index (χ3v) is 3.90. The van der Waals surface area contributed by atoms with Crippen molar-refractivity contribution in [2.24, 2.45) is 13.0 Å². The third kappa shape index (κ3) is 2.07. The van der Waals surface area contributed by atoms with Gasteiger partial charge < -0.3 is 4.90 Å². The fourth-order valence-electron chi connectivity index (χ4n) is 3.03. The highest BCUT2D eigenvalue weighted by atomic mass is 15.3. The summed E-state index contributed by atoms with van der Waals surface area (Å²) < 4.78 is 1.92. The maximum Gasteiger partial charge on any atom is 0.158 e. The lowest BCUT2D eigenvalue weighted by molar-refractivity contribution is 0.444. The summed E-state index contributed by atoms with van der Waals surface area (Å²) >= 11 is 0. The standard InChI is InChI=1S/C14H21N5/c1-9-6-5-7-19(8-9)14-13-12(15-11(3)16-14)10(2)17-18(13)4/h9H,5-8H2,1-4H3. The van der Waals surface area contributed by atoms with Crippen LogP contribution in [-0.4, -0.2) is 32.8 Å². The van der Waals surface area contributed by atoms with E-state index in [0.717, 1.165) is 47.4 Å². The zero-order valence-electron chi connectivity index (χ0n) is 12.1. The first-order valence-corrected chi connectivity index (χ1v) is 6.99. The summed E-state index contributed by atoms with van der Waals surface area (Å²) in [5.74, 6) is 2.61. The topological polar surface area (TPSA) is 46.8 Å². The summed E-state index contributed by atoms with van der Waals surface area (Å²) in [6.07, 6.45) is 2.55. The van der Waals surface area contributed by atoms with E-state index in [9.17, 15) is 0 Å². The first-order chi connectivity index (χ1) is 9.06. The smallest absolute Gasteiger partial charge is 0.158 e. The van der Waals surface area contributed by atoms with Crippen LogP contribution in [0.5, 0.6) is 0 Å². The first-order valence-electron chi connectivity index (χ1n) is 6.99. The molecule has 3 rings (SSSR count). The highest BCUT2D eigenvalue weighted by molar-refractivity contribution is 5.88. The number of nitrogens with zero attached hydrogens (tertiary/aromatic N) is 5. The van der Waals surface area contributed by atoms with E-state index in [4.69, 9.17) is 0 Å². The van der Waals surface area contributed by atoms with Gasteiger partial charge >= 0.3 is 0 Å². The molecule has 102 valence electrons. The Kier molecular flexibility index (Phi) is 2.92. The molecule has 5 nitrogen and oxygen atoms in total. The summed E-state index contributed by atoms with van der Waals surface area (Å²) in [5, 5.41) is 4.49. The molecule has 5 heteroatoms. The number of hydrogen-bond acceptors (Lipinski definition) is 4. The molecule has 1 saturated heterocycles. The van der Waals surface area contributed by atoms with Gasteiger partial charge in [-0.2, -0.15) is 5.10 Å². The van der Waals surface area contributed by atoms with Crippen molar-refractivity contribution >= 4 is 16.9 Å². The molecule has 0 saturated carbocycles. The number of rotatable bonds is 1. The fraction of sp³-hybridized carbons (Fsp3) is 0.643. The number of anilines is 1. The molecular weight excluding hydrogens is 238 g/mol. The predicted octanol–water partition coefficient (Wildman–Crippen LogP) is 2.22. The van der Waals surface area contributed by atoms with Crippen molar-refractivity contribution in [3.8, 4) is 0 Å². The maximum absolute atomic E-state index is 4.69. The quantitative estimate of drug-likeness (QED) is 0.788. The number of hydrogen-bond donors (Lipinski definition) is 0. The largest absolute Gasteiger partial charge is 0.354 e. The second kappa shape index (κ2) is 4.47. The van der Waals surface area contributed by atoms with Crippen LogP contribution in [0.3, 0.4) is 0 Å². The van der Waals surface area contributed by atoms with E-state index < -0.39 is 0 Å². The first kappa shape index (κ1) is 12.4. The zero-order chi connectivity index (χ0) is 13.6. The molecule has 1 unspecified atom stereocenters. The van der Waals surface area contributed by atoms with Crippen molar-refractivity contribution in [1.29, 1.82) is 0 Å². The van der Waals surface area contributed by atoms with Crippen molar-refractivity contribution < 1.29 is 0 Å². The Morgan fingerprint density at radius 3 is 2.74 bits per heavy atom. The van der Waals surface area contributed by atoms with Gasteiger partial charge in [-0.1, -0.05) is 6.92 Å². The summed E-state index contributed by atoms with van der Waals surface area (Å²) in [6, 6.07) is 0. The van der Waals surface area contributed by atoms with Crippen LogP contribution in [-0.2, 0) is 7.05 Å². The maximum atomic E-state index is 4.69.